The van der Waals surface area contributed by atoms with Gasteiger partial charge < -0.3 is 19.9 Å². The van der Waals surface area contributed by atoms with E-state index in [4.69, 9.17) is 4.74 Å². The number of hydrogen-bond donors (Lipinski definition) is 1. The first-order valence-corrected chi connectivity index (χ1v) is 11.7. The maximum atomic E-state index is 12.6. The SMILES string of the molecule is CC1CN(CC2CCN(C(=O)CNC(=O)N3CCc4ccccc4C3)CC2)CC(C)O1. The van der Waals surface area contributed by atoms with Gasteiger partial charge in [0.15, 0.2) is 0 Å². The van der Waals surface area contributed by atoms with Gasteiger partial charge in [-0.1, -0.05) is 24.3 Å². The number of hydrogen-bond acceptors (Lipinski definition) is 4. The van der Waals surface area contributed by atoms with Gasteiger partial charge in [-0.3, -0.25) is 9.69 Å². The molecule has 2 saturated heterocycles. The molecule has 4 rings (SSSR count). The van der Waals surface area contributed by atoms with Crippen molar-refractivity contribution in [1.29, 1.82) is 0 Å². The molecule has 0 spiro atoms. The summed E-state index contributed by atoms with van der Waals surface area (Å²) in [5.74, 6) is 0.655. The van der Waals surface area contributed by atoms with Crippen molar-refractivity contribution in [2.45, 2.75) is 51.9 Å². The fourth-order valence-electron chi connectivity index (χ4n) is 5.21. The molecule has 2 fully saturated rings. The van der Waals surface area contributed by atoms with Crippen LogP contribution >= 0.6 is 0 Å². The Morgan fingerprint density at radius 3 is 2.39 bits per heavy atom. The number of piperidine rings is 1. The zero-order chi connectivity index (χ0) is 21.8. The van der Waals surface area contributed by atoms with E-state index in [9.17, 15) is 9.59 Å². The van der Waals surface area contributed by atoms with E-state index in [0.29, 0.717) is 31.2 Å². The van der Waals surface area contributed by atoms with Crippen molar-refractivity contribution in [1.82, 2.24) is 20.0 Å². The number of carbonyl (C=O) groups is 2. The van der Waals surface area contributed by atoms with Crippen LogP contribution < -0.4 is 5.32 Å². The second kappa shape index (κ2) is 10.0. The highest BCUT2D eigenvalue weighted by atomic mass is 16.5. The van der Waals surface area contributed by atoms with Crippen molar-refractivity contribution in [3.63, 3.8) is 0 Å². The van der Waals surface area contributed by atoms with Gasteiger partial charge in [0, 0.05) is 45.8 Å². The molecule has 0 bridgehead atoms. The van der Waals surface area contributed by atoms with Crippen LogP contribution in [0.4, 0.5) is 4.79 Å². The van der Waals surface area contributed by atoms with Gasteiger partial charge in [-0.2, -0.15) is 0 Å². The molecule has 1 N–H and O–H groups in total. The summed E-state index contributed by atoms with van der Waals surface area (Å²) < 4.78 is 5.83. The van der Waals surface area contributed by atoms with Crippen LogP contribution in [0.2, 0.25) is 0 Å². The van der Waals surface area contributed by atoms with Gasteiger partial charge in [0.2, 0.25) is 5.91 Å². The Labute approximate surface area is 185 Å². The molecule has 31 heavy (non-hydrogen) atoms. The number of likely N-dealkylation sites (tertiary alicyclic amines) is 1. The van der Waals surface area contributed by atoms with Crippen LogP contribution in [0.1, 0.15) is 37.8 Å². The molecule has 3 heterocycles. The highest BCUT2D eigenvalue weighted by molar-refractivity contribution is 5.84. The standard InChI is InChI=1S/C24H36N4O3/c1-18-14-26(15-19(2)31-18)16-20-7-10-27(11-8-20)23(29)13-25-24(30)28-12-9-21-5-3-4-6-22(21)17-28/h3-6,18-20H,7-17H2,1-2H3,(H,25,30). The van der Waals surface area contributed by atoms with E-state index >= 15 is 0 Å². The predicted octanol–water partition coefficient (Wildman–Crippen LogP) is 2.10. The van der Waals surface area contributed by atoms with Gasteiger partial charge in [-0.05, 0) is 50.2 Å². The van der Waals surface area contributed by atoms with Crippen LogP contribution in [0.15, 0.2) is 24.3 Å². The highest BCUT2D eigenvalue weighted by Gasteiger charge is 2.28. The Hall–Kier alpha value is -2.12. The summed E-state index contributed by atoms with van der Waals surface area (Å²) in [5.41, 5.74) is 2.51. The zero-order valence-electron chi connectivity index (χ0n) is 18.9. The molecule has 170 valence electrons. The third-order valence-corrected chi connectivity index (χ3v) is 6.79. The molecule has 3 aliphatic heterocycles. The predicted molar refractivity (Wildman–Crippen MR) is 120 cm³/mol. The normalized spacial score (nSPS) is 25.2. The molecule has 1 aromatic carbocycles. The number of carbonyl (C=O) groups excluding carboxylic acids is 2. The van der Waals surface area contributed by atoms with Gasteiger partial charge in [0.05, 0.1) is 18.8 Å². The number of morpholine rings is 1. The second-order valence-electron chi connectivity index (χ2n) is 9.40. The third-order valence-electron chi connectivity index (χ3n) is 6.79. The number of amides is 3. The number of rotatable bonds is 4. The minimum Gasteiger partial charge on any atom is -0.373 e. The summed E-state index contributed by atoms with van der Waals surface area (Å²) in [6.45, 7) is 10.3. The van der Waals surface area contributed by atoms with E-state index in [0.717, 1.165) is 52.0 Å². The number of urea groups is 1. The molecule has 0 aromatic heterocycles. The lowest BCUT2D eigenvalue weighted by Crippen LogP contribution is -2.50. The quantitative estimate of drug-likeness (QED) is 0.798. The maximum Gasteiger partial charge on any atom is 0.318 e. The van der Waals surface area contributed by atoms with Gasteiger partial charge in [0.1, 0.15) is 0 Å². The maximum absolute atomic E-state index is 12.6. The fraction of sp³-hybridized carbons (Fsp3) is 0.667. The molecule has 0 saturated carbocycles. The van der Waals surface area contributed by atoms with Crippen LogP contribution in [-0.4, -0.2) is 84.7 Å². The van der Waals surface area contributed by atoms with Gasteiger partial charge in [0.25, 0.3) is 0 Å². The van der Waals surface area contributed by atoms with E-state index in [2.05, 4.69) is 36.2 Å². The average Bonchev–Trinajstić information content (AvgIpc) is 2.76. The summed E-state index contributed by atoms with van der Waals surface area (Å²) >= 11 is 0. The van der Waals surface area contributed by atoms with Gasteiger partial charge in [-0.15, -0.1) is 0 Å². The lowest BCUT2D eigenvalue weighted by Gasteiger charge is -2.39. The first-order chi connectivity index (χ1) is 15.0. The van der Waals surface area contributed by atoms with Crippen molar-refractivity contribution in [2.75, 3.05) is 45.8 Å². The number of ether oxygens (including phenoxy) is 1. The van der Waals surface area contributed by atoms with Crippen LogP contribution in [0.5, 0.6) is 0 Å². The summed E-state index contributed by atoms with van der Waals surface area (Å²) in [5, 5.41) is 2.84. The molecule has 7 nitrogen and oxygen atoms in total. The molecular weight excluding hydrogens is 392 g/mol. The Kier molecular flexibility index (Phi) is 7.13. The van der Waals surface area contributed by atoms with E-state index in [1.165, 1.54) is 11.1 Å². The Morgan fingerprint density at radius 2 is 1.68 bits per heavy atom. The largest absolute Gasteiger partial charge is 0.373 e. The Balaban J connectivity index is 1.17. The number of benzene rings is 1. The zero-order valence-corrected chi connectivity index (χ0v) is 18.9. The first-order valence-electron chi connectivity index (χ1n) is 11.7. The minimum absolute atomic E-state index is 0.0258. The van der Waals surface area contributed by atoms with Gasteiger partial charge in [-0.25, -0.2) is 4.79 Å². The molecule has 2 atom stereocenters. The fourth-order valence-corrected chi connectivity index (χ4v) is 5.21. The summed E-state index contributed by atoms with van der Waals surface area (Å²) in [6, 6.07) is 8.10. The lowest BCUT2D eigenvalue weighted by molar-refractivity contribution is -0.131. The van der Waals surface area contributed by atoms with Gasteiger partial charge >= 0.3 is 6.03 Å². The molecule has 0 radical (unpaired) electrons. The molecule has 7 heteroatoms. The van der Waals surface area contributed by atoms with Crippen LogP contribution in [0, 0.1) is 5.92 Å². The smallest absolute Gasteiger partial charge is 0.318 e. The lowest BCUT2D eigenvalue weighted by atomic mass is 9.95. The first kappa shape index (κ1) is 22.1. The van der Waals surface area contributed by atoms with E-state index in [1.807, 2.05) is 17.0 Å². The average molecular weight is 429 g/mol. The summed E-state index contributed by atoms with van der Waals surface area (Å²) in [7, 11) is 0. The Bertz CT molecular complexity index is 768. The van der Waals surface area contributed by atoms with Crippen LogP contribution in [0.25, 0.3) is 0 Å². The molecular formula is C24H36N4O3. The van der Waals surface area contributed by atoms with Crippen molar-refractivity contribution >= 4 is 11.9 Å². The van der Waals surface area contributed by atoms with Crippen molar-refractivity contribution in [3.05, 3.63) is 35.4 Å². The topological polar surface area (TPSA) is 65.1 Å². The highest BCUT2D eigenvalue weighted by Crippen LogP contribution is 2.21. The van der Waals surface area contributed by atoms with E-state index in [-0.39, 0.29) is 18.5 Å². The van der Waals surface area contributed by atoms with Crippen molar-refractivity contribution in [3.8, 4) is 0 Å². The molecule has 0 aliphatic carbocycles. The second-order valence-corrected chi connectivity index (χ2v) is 9.40. The van der Waals surface area contributed by atoms with Crippen molar-refractivity contribution < 1.29 is 14.3 Å². The molecule has 3 amide bonds. The molecule has 3 aliphatic rings. The van der Waals surface area contributed by atoms with E-state index < -0.39 is 0 Å². The third kappa shape index (κ3) is 5.77. The van der Waals surface area contributed by atoms with Crippen LogP contribution in [-0.2, 0) is 22.5 Å². The monoisotopic (exact) mass is 428 g/mol. The number of nitrogens with one attached hydrogen (secondary N) is 1. The number of nitrogens with zero attached hydrogens (tertiary/aromatic N) is 3. The van der Waals surface area contributed by atoms with E-state index in [1.54, 1.807) is 4.90 Å². The Morgan fingerprint density at radius 1 is 1.00 bits per heavy atom. The van der Waals surface area contributed by atoms with Crippen LogP contribution in [0.3, 0.4) is 0 Å². The number of fused-ring (bicyclic) bond motifs is 1. The van der Waals surface area contributed by atoms with Crippen molar-refractivity contribution in [2.24, 2.45) is 5.92 Å². The summed E-state index contributed by atoms with van der Waals surface area (Å²) in [6.07, 6.45) is 3.52. The molecule has 2 unspecified atom stereocenters. The summed E-state index contributed by atoms with van der Waals surface area (Å²) in [4.78, 5) is 31.4. The minimum atomic E-state index is -0.145. The molecule has 1 aromatic rings.